The summed E-state index contributed by atoms with van der Waals surface area (Å²) in [4.78, 5) is 0. The summed E-state index contributed by atoms with van der Waals surface area (Å²) >= 11 is 0. The first kappa shape index (κ1) is 15.0. The normalized spacial score (nSPS) is 13.4. The Morgan fingerprint density at radius 2 is 1.78 bits per heavy atom. The van der Waals surface area contributed by atoms with E-state index in [9.17, 15) is 5.11 Å². The third kappa shape index (κ3) is 5.07. The van der Waals surface area contributed by atoms with Crippen molar-refractivity contribution >= 4 is 0 Å². The lowest BCUT2D eigenvalue weighted by atomic mass is 9.96. The van der Waals surface area contributed by atoms with Gasteiger partial charge in [0.15, 0.2) is 0 Å². The first-order chi connectivity index (χ1) is 8.46. The standard InChI is InChI=1S/C15H24O3/c1-15(2,18-4)11-13(16)8-5-12-6-9-14(17-3)10-7-12/h6-7,9-10,13,16H,5,8,11H2,1-4H3. The molecule has 0 bridgehead atoms. The molecule has 0 amide bonds. The van der Waals surface area contributed by atoms with Crippen LogP contribution in [0.4, 0.5) is 0 Å². The summed E-state index contributed by atoms with van der Waals surface area (Å²) in [6, 6.07) is 7.96. The molecule has 1 aromatic rings. The highest BCUT2D eigenvalue weighted by Crippen LogP contribution is 2.19. The van der Waals surface area contributed by atoms with Crippen molar-refractivity contribution in [1.29, 1.82) is 0 Å². The van der Waals surface area contributed by atoms with E-state index in [0.29, 0.717) is 6.42 Å². The van der Waals surface area contributed by atoms with Gasteiger partial charge in [-0.1, -0.05) is 12.1 Å². The molecule has 102 valence electrons. The van der Waals surface area contributed by atoms with Crippen LogP contribution in [0.2, 0.25) is 0 Å². The molecule has 0 aliphatic heterocycles. The summed E-state index contributed by atoms with van der Waals surface area (Å²) in [6.45, 7) is 3.98. The number of benzene rings is 1. The zero-order valence-electron chi connectivity index (χ0n) is 11.8. The van der Waals surface area contributed by atoms with Gasteiger partial charge in [0.1, 0.15) is 5.75 Å². The van der Waals surface area contributed by atoms with Gasteiger partial charge in [-0.05, 0) is 44.4 Å². The Morgan fingerprint density at radius 3 is 2.28 bits per heavy atom. The fourth-order valence-corrected chi connectivity index (χ4v) is 1.88. The lowest BCUT2D eigenvalue weighted by molar-refractivity contribution is -0.0209. The van der Waals surface area contributed by atoms with Crippen molar-refractivity contribution in [2.24, 2.45) is 0 Å². The van der Waals surface area contributed by atoms with E-state index < -0.39 is 0 Å². The molecule has 0 saturated heterocycles. The molecule has 1 unspecified atom stereocenters. The Balaban J connectivity index is 2.39. The molecule has 1 aromatic carbocycles. The molecule has 0 aliphatic rings. The average molecular weight is 252 g/mol. The zero-order valence-corrected chi connectivity index (χ0v) is 11.8. The minimum absolute atomic E-state index is 0.265. The van der Waals surface area contributed by atoms with Crippen LogP contribution in [0.1, 0.15) is 32.3 Å². The van der Waals surface area contributed by atoms with Crippen molar-refractivity contribution in [3.63, 3.8) is 0 Å². The Kier molecular flexibility index (Phi) is 5.63. The third-order valence-electron chi connectivity index (χ3n) is 3.21. The molecule has 1 rings (SSSR count). The van der Waals surface area contributed by atoms with Gasteiger partial charge in [0, 0.05) is 13.5 Å². The van der Waals surface area contributed by atoms with Crippen molar-refractivity contribution in [3.05, 3.63) is 29.8 Å². The van der Waals surface area contributed by atoms with E-state index in [1.165, 1.54) is 5.56 Å². The summed E-state index contributed by atoms with van der Waals surface area (Å²) in [6.07, 6.45) is 1.94. The lowest BCUT2D eigenvalue weighted by Gasteiger charge is -2.25. The van der Waals surface area contributed by atoms with Gasteiger partial charge in [0.25, 0.3) is 0 Å². The largest absolute Gasteiger partial charge is 0.497 e. The summed E-state index contributed by atoms with van der Waals surface area (Å²) in [5, 5.41) is 9.97. The van der Waals surface area contributed by atoms with Crippen molar-refractivity contribution in [2.75, 3.05) is 14.2 Å². The number of aliphatic hydroxyl groups is 1. The van der Waals surface area contributed by atoms with Crippen molar-refractivity contribution in [3.8, 4) is 5.75 Å². The van der Waals surface area contributed by atoms with E-state index in [4.69, 9.17) is 9.47 Å². The van der Waals surface area contributed by atoms with Gasteiger partial charge >= 0.3 is 0 Å². The van der Waals surface area contributed by atoms with Crippen molar-refractivity contribution in [2.45, 2.75) is 44.8 Å². The predicted molar refractivity (Wildman–Crippen MR) is 73.0 cm³/mol. The molecule has 0 aromatic heterocycles. The molecule has 0 aliphatic carbocycles. The number of ether oxygens (including phenoxy) is 2. The van der Waals surface area contributed by atoms with Gasteiger partial charge in [0.2, 0.25) is 0 Å². The number of rotatable bonds is 7. The number of aryl methyl sites for hydroxylation is 1. The maximum atomic E-state index is 9.97. The monoisotopic (exact) mass is 252 g/mol. The SMILES string of the molecule is COc1ccc(CCC(O)CC(C)(C)OC)cc1. The third-order valence-corrected chi connectivity index (χ3v) is 3.21. The van der Waals surface area contributed by atoms with Crippen LogP contribution < -0.4 is 4.74 Å². The summed E-state index contributed by atoms with van der Waals surface area (Å²) < 4.78 is 10.4. The Labute approximate surface area is 110 Å². The Bertz CT molecular complexity index is 343. The van der Waals surface area contributed by atoms with Crippen LogP contribution >= 0.6 is 0 Å². The maximum Gasteiger partial charge on any atom is 0.118 e. The highest BCUT2D eigenvalue weighted by atomic mass is 16.5. The van der Waals surface area contributed by atoms with Gasteiger partial charge in [-0.25, -0.2) is 0 Å². The quantitative estimate of drug-likeness (QED) is 0.811. The second-order valence-corrected chi connectivity index (χ2v) is 5.21. The van der Waals surface area contributed by atoms with E-state index in [1.54, 1.807) is 14.2 Å². The summed E-state index contributed by atoms with van der Waals surface area (Å²) in [5.41, 5.74) is 0.948. The van der Waals surface area contributed by atoms with Crippen LogP contribution in [0.25, 0.3) is 0 Å². The molecule has 0 spiro atoms. The second-order valence-electron chi connectivity index (χ2n) is 5.21. The highest BCUT2D eigenvalue weighted by molar-refractivity contribution is 5.27. The van der Waals surface area contributed by atoms with Crippen molar-refractivity contribution in [1.82, 2.24) is 0 Å². The van der Waals surface area contributed by atoms with E-state index in [0.717, 1.165) is 18.6 Å². The molecule has 1 N–H and O–H groups in total. The minimum Gasteiger partial charge on any atom is -0.497 e. The Morgan fingerprint density at radius 1 is 1.17 bits per heavy atom. The first-order valence-corrected chi connectivity index (χ1v) is 6.33. The van der Waals surface area contributed by atoms with Gasteiger partial charge in [-0.15, -0.1) is 0 Å². The number of hydrogen-bond donors (Lipinski definition) is 1. The van der Waals surface area contributed by atoms with Crippen LogP contribution in [0.3, 0.4) is 0 Å². The molecular weight excluding hydrogens is 228 g/mol. The van der Waals surface area contributed by atoms with Gasteiger partial charge < -0.3 is 14.6 Å². The fraction of sp³-hybridized carbons (Fsp3) is 0.600. The van der Waals surface area contributed by atoms with Crippen LogP contribution in [0.5, 0.6) is 5.75 Å². The molecule has 0 radical (unpaired) electrons. The topological polar surface area (TPSA) is 38.7 Å². The van der Waals surface area contributed by atoms with E-state index in [-0.39, 0.29) is 11.7 Å². The fourth-order valence-electron chi connectivity index (χ4n) is 1.88. The number of aliphatic hydroxyl groups excluding tert-OH is 1. The molecule has 3 nitrogen and oxygen atoms in total. The van der Waals surface area contributed by atoms with Crippen LogP contribution in [0, 0.1) is 0 Å². The summed E-state index contributed by atoms with van der Waals surface area (Å²) in [7, 11) is 3.34. The minimum atomic E-state index is -0.331. The smallest absolute Gasteiger partial charge is 0.118 e. The zero-order chi connectivity index (χ0) is 13.6. The molecule has 0 saturated carbocycles. The maximum absolute atomic E-state index is 9.97. The molecule has 1 atom stereocenters. The second kappa shape index (κ2) is 6.76. The molecule has 0 heterocycles. The number of methoxy groups -OCH3 is 2. The molecule has 18 heavy (non-hydrogen) atoms. The number of hydrogen-bond acceptors (Lipinski definition) is 3. The van der Waals surface area contributed by atoms with Gasteiger partial charge in [-0.3, -0.25) is 0 Å². The van der Waals surface area contributed by atoms with Gasteiger partial charge in [0.05, 0.1) is 18.8 Å². The van der Waals surface area contributed by atoms with Crippen LogP contribution in [-0.4, -0.2) is 31.0 Å². The molecule has 3 heteroatoms. The van der Waals surface area contributed by atoms with Crippen LogP contribution in [-0.2, 0) is 11.2 Å². The molecule has 0 fully saturated rings. The average Bonchev–Trinajstić information content (AvgIpc) is 2.36. The predicted octanol–water partition coefficient (Wildman–Crippen LogP) is 2.80. The van der Waals surface area contributed by atoms with Crippen LogP contribution in [0.15, 0.2) is 24.3 Å². The van der Waals surface area contributed by atoms with E-state index >= 15 is 0 Å². The Hall–Kier alpha value is -1.06. The van der Waals surface area contributed by atoms with E-state index in [2.05, 4.69) is 0 Å². The summed E-state index contributed by atoms with van der Waals surface area (Å²) in [5.74, 6) is 0.861. The van der Waals surface area contributed by atoms with Gasteiger partial charge in [-0.2, -0.15) is 0 Å². The van der Waals surface area contributed by atoms with Crippen molar-refractivity contribution < 1.29 is 14.6 Å². The van der Waals surface area contributed by atoms with E-state index in [1.807, 2.05) is 38.1 Å². The first-order valence-electron chi connectivity index (χ1n) is 6.33. The highest BCUT2D eigenvalue weighted by Gasteiger charge is 2.21. The molecular formula is C15H24O3. The lowest BCUT2D eigenvalue weighted by Crippen LogP contribution is -2.29.